The molecule has 0 saturated heterocycles. The highest BCUT2D eigenvalue weighted by molar-refractivity contribution is 8.02. The SMILES string of the molecule is CCOC(=O)CN1C(=O)[C@@H](Sc2nnc(-c3ccccc3OC)s2)CCc2ccccc21. The molecule has 9 heteroatoms. The van der Waals surface area contributed by atoms with Gasteiger partial charge in [-0.25, -0.2) is 0 Å². The normalized spacial score (nSPS) is 15.8. The van der Waals surface area contributed by atoms with Crippen molar-refractivity contribution in [1.82, 2.24) is 10.2 Å². The lowest BCUT2D eigenvalue weighted by Gasteiger charge is -2.24. The molecule has 2 heterocycles. The van der Waals surface area contributed by atoms with Crippen molar-refractivity contribution in [1.29, 1.82) is 0 Å². The molecule has 4 rings (SSSR count). The molecule has 0 saturated carbocycles. The van der Waals surface area contributed by atoms with Gasteiger partial charge < -0.3 is 9.47 Å². The van der Waals surface area contributed by atoms with E-state index >= 15 is 0 Å². The average molecular weight is 470 g/mol. The van der Waals surface area contributed by atoms with E-state index in [0.717, 1.165) is 34.0 Å². The lowest BCUT2D eigenvalue weighted by molar-refractivity contribution is -0.142. The van der Waals surface area contributed by atoms with Crippen LogP contribution in [0.15, 0.2) is 52.9 Å². The highest BCUT2D eigenvalue weighted by Gasteiger charge is 2.33. The number of carbonyl (C=O) groups excluding carboxylic acids is 2. The third kappa shape index (κ3) is 4.78. The van der Waals surface area contributed by atoms with Crippen LogP contribution >= 0.6 is 23.1 Å². The number of hydrogen-bond acceptors (Lipinski definition) is 8. The number of para-hydroxylation sites is 2. The molecule has 0 spiro atoms. The Bertz CT molecular complexity index is 1120. The Morgan fingerprint density at radius 1 is 1.19 bits per heavy atom. The number of rotatable bonds is 7. The smallest absolute Gasteiger partial charge is 0.326 e. The molecule has 32 heavy (non-hydrogen) atoms. The average Bonchev–Trinajstić information content (AvgIpc) is 3.24. The lowest BCUT2D eigenvalue weighted by Crippen LogP contribution is -2.41. The molecule has 1 aliphatic heterocycles. The summed E-state index contributed by atoms with van der Waals surface area (Å²) < 4.78 is 11.2. The summed E-state index contributed by atoms with van der Waals surface area (Å²) in [5.41, 5.74) is 2.67. The van der Waals surface area contributed by atoms with Gasteiger partial charge in [-0.3, -0.25) is 14.5 Å². The molecule has 7 nitrogen and oxygen atoms in total. The minimum atomic E-state index is -0.421. The van der Waals surface area contributed by atoms with E-state index in [4.69, 9.17) is 9.47 Å². The number of ether oxygens (including phenoxy) is 2. The Hall–Kier alpha value is -2.91. The van der Waals surface area contributed by atoms with E-state index < -0.39 is 5.97 Å². The summed E-state index contributed by atoms with van der Waals surface area (Å²) >= 11 is 2.81. The quantitative estimate of drug-likeness (QED) is 0.479. The number of amides is 1. The van der Waals surface area contributed by atoms with Gasteiger partial charge in [-0.1, -0.05) is 53.4 Å². The summed E-state index contributed by atoms with van der Waals surface area (Å²) in [6.07, 6.45) is 1.38. The number of methoxy groups -OCH3 is 1. The second-order valence-electron chi connectivity index (χ2n) is 7.08. The Kier molecular flexibility index (Phi) is 7.06. The second kappa shape index (κ2) is 10.1. The van der Waals surface area contributed by atoms with E-state index in [1.807, 2.05) is 48.5 Å². The fraction of sp³-hybridized carbons (Fsp3) is 0.304. The minimum Gasteiger partial charge on any atom is -0.496 e. The molecule has 1 amide bonds. The zero-order chi connectivity index (χ0) is 22.5. The van der Waals surface area contributed by atoms with Crippen LogP contribution in [0.4, 0.5) is 5.69 Å². The van der Waals surface area contributed by atoms with E-state index in [0.29, 0.717) is 10.8 Å². The summed E-state index contributed by atoms with van der Waals surface area (Å²) in [6.45, 7) is 1.92. The minimum absolute atomic E-state index is 0.108. The van der Waals surface area contributed by atoms with Gasteiger partial charge in [0.1, 0.15) is 12.3 Å². The number of anilines is 1. The van der Waals surface area contributed by atoms with E-state index in [9.17, 15) is 9.59 Å². The van der Waals surface area contributed by atoms with E-state index in [1.165, 1.54) is 23.1 Å². The molecule has 0 N–H and O–H groups in total. The molecule has 0 unspecified atom stereocenters. The number of thioether (sulfide) groups is 1. The molecular formula is C23H23N3O4S2. The first-order valence-electron chi connectivity index (χ1n) is 10.3. The monoisotopic (exact) mass is 469 g/mol. The fourth-order valence-corrected chi connectivity index (χ4v) is 5.79. The van der Waals surface area contributed by atoms with Gasteiger partial charge in [0, 0.05) is 5.69 Å². The van der Waals surface area contributed by atoms with Crippen molar-refractivity contribution in [3.05, 3.63) is 54.1 Å². The zero-order valence-electron chi connectivity index (χ0n) is 17.8. The van der Waals surface area contributed by atoms with Gasteiger partial charge in [-0.2, -0.15) is 0 Å². The number of esters is 1. The zero-order valence-corrected chi connectivity index (χ0v) is 19.4. The van der Waals surface area contributed by atoms with Crippen LogP contribution in [0, 0.1) is 0 Å². The van der Waals surface area contributed by atoms with Crippen LogP contribution in [-0.2, 0) is 20.7 Å². The van der Waals surface area contributed by atoms with Crippen molar-refractivity contribution >= 4 is 40.7 Å². The highest BCUT2D eigenvalue weighted by Crippen LogP contribution is 2.39. The number of fused-ring (bicyclic) bond motifs is 1. The first-order valence-corrected chi connectivity index (χ1v) is 12.0. The van der Waals surface area contributed by atoms with Gasteiger partial charge in [0.25, 0.3) is 0 Å². The molecule has 0 bridgehead atoms. The summed E-state index contributed by atoms with van der Waals surface area (Å²) in [6, 6.07) is 15.3. The molecule has 3 aromatic rings. The molecule has 0 aliphatic carbocycles. The maximum atomic E-state index is 13.5. The van der Waals surface area contributed by atoms with Gasteiger partial charge >= 0.3 is 5.97 Å². The predicted molar refractivity (Wildman–Crippen MR) is 125 cm³/mol. The van der Waals surface area contributed by atoms with Crippen molar-refractivity contribution in [3.63, 3.8) is 0 Å². The lowest BCUT2D eigenvalue weighted by atomic mass is 10.1. The second-order valence-corrected chi connectivity index (χ2v) is 9.50. The van der Waals surface area contributed by atoms with E-state index in [1.54, 1.807) is 18.9 Å². The largest absolute Gasteiger partial charge is 0.496 e. The first-order chi connectivity index (χ1) is 15.6. The fourth-order valence-electron chi connectivity index (χ4n) is 3.61. The molecular weight excluding hydrogens is 446 g/mol. The molecule has 1 aromatic heterocycles. The molecule has 2 aromatic carbocycles. The predicted octanol–water partition coefficient (Wildman–Crippen LogP) is 4.22. The molecule has 1 atom stereocenters. The van der Waals surface area contributed by atoms with Gasteiger partial charge in [-0.15, -0.1) is 10.2 Å². The molecule has 1 aliphatic rings. The van der Waals surface area contributed by atoms with Crippen LogP contribution in [-0.4, -0.2) is 47.6 Å². The van der Waals surface area contributed by atoms with Crippen LogP contribution in [0.2, 0.25) is 0 Å². The number of nitrogens with zero attached hydrogens (tertiary/aromatic N) is 3. The first kappa shape index (κ1) is 22.3. The van der Waals surface area contributed by atoms with Gasteiger partial charge in [-0.05, 0) is 43.5 Å². The van der Waals surface area contributed by atoms with Gasteiger partial charge in [0.2, 0.25) is 5.91 Å². The standard InChI is InChI=1S/C23H23N3O4S2/c1-3-30-20(27)14-26-17-10-6-4-8-15(17)12-13-19(22(26)28)31-23-25-24-21(32-23)16-9-5-7-11-18(16)29-2/h4-11,19H,3,12-14H2,1-2H3/t19-/m0/s1. The van der Waals surface area contributed by atoms with Crippen LogP contribution in [0.3, 0.4) is 0 Å². The Morgan fingerprint density at radius 3 is 2.78 bits per heavy atom. The van der Waals surface area contributed by atoms with Crippen molar-refractivity contribution in [2.45, 2.75) is 29.4 Å². The topological polar surface area (TPSA) is 81.6 Å². The number of aryl methyl sites for hydroxylation is 1. The van der Waals surface area contributed by atoms with Gasteiger partial charge in [0.15, 0.2) is 9.35 Å². The summed E-state index contributed by atoms with van der Waals surface area (Å²) in [7, 11) is 1.62. The summed E-state index contributed by atoms with van der Waals surface area (Å²) in [5.74, 6) is 0.180. The van der Waals surface area contributed by atoms with Crippen molar-refractivity contribution in [2.75, 3.05) is 25.2 Å². The molecule has 0 fully saturated rings. The van der Waals surface area contributed by atoms with E-state index in [-0.39, 0.29) is 24.3 Å². The van der Waals surface area contributed by atoms with Crippen LogP contribution in [0.1, 0.15) is 18.9 Å². The highest BCUT2D eigenvalue weighted by atomic mass is 32.2. The number of benzene rings is 2. The van der Waals surface area contributed by atoms with Crippen LogP contribution in [0.25, 0.3) is 10.6 Å². The Morgan fingerprint density at radius 2 is 1.97 bits per heavy atom. The van der Waals surface area contributed by atoms with Crippen LogP contribution < -0.4 is 9.64 Å². The van der Waals surface area contributed by atoms with E-state index in [2.05, 4.69) is 10.2 Å². The third-order valence-corrected chi connectivity index (χ3v) is 7.37. The molecule has 166 valence electrons. The molecule has 0 radical (unpaired) electrons. The van der Waals surface area contributed by atoms with Crippen molar-refractivity contribution in [2.24, 2.45) is 0 Å². The maximum absolute atomic E-state index is 13.5. The number of carbonyl (C=O) groups is 2. The summed E-state index contributed by atoms with van der Waals surface area (Å²) in [5, 5.41) is 8.97. The number of aromatic nitrogens is 2. The number of hydrogen-bond donors (Lipinski definition) is 0. The van der Waals surface area contributed by atoms with Crippen molar-refractivity contribution < 1.29 is 19.1 Å². The maximum Gasteiger partial charge on any atom is 0.326 e. The van der Waals surface area contributed by atoms with Crippen molar-refractivity contribution in [3.8, 4) is 16.3 Å². The van der Waals surface area contributed by atoms with Gasteiger partial charge in [0.05, 0.1) is 24.5 Å². The summed E-state index contributed by atoms with van der Waals surface area (Å²) in [4.78, 5) is 27.2. The Labute approximate surface area is 194 Å². The third-order valence-electron chi connectivity index (χ3n) is 5.08. The van der Waals surface area contributed by atoms with Crippen LogP contribution in [0.5, 0.6) is 5.75 Å². The Balaban J connectivity index is 1.57.